The average molecular weight is 216 g/mol. The van der Waals surface area contributed by atoms with Gasteiger partial charge in [0.1, 0.15) is 0 Å². The Kier molecular flexibility index (Phi) is 22.6. The standard InChI is InChI=1S/C9H20O.C5H12/c1-3-5-7-9-10-8-6-4-2;1-3-5-4-2/h3-9H2,1-2H3;3-5H2,1-2H3. The van der Waals surface area contributed by atoms with Crippen LogP contribution in [-0.2, 0) is 4.74 Å². The summed E-state index contributed by atoms with van der Waals surface area (Å²) in [6, 6.07) is 0. The van der Waals surface area contributed by atoms with Crippen LogP contribution in [0, 0.1) is 0 Å². The highest BCUT2D eigenvalue weighted by Crippen LogP contribution is 1.95. The second-order valence-electron chi connectivity index (χ2n) is 4.03. The van der Waals surface area contributed by atoms with Crippen molar-refractivity contribution in [1.29, 1.82) is 0 Å². The highest BCUT2D eigenvalue weighted by atomic mass is 16.5. The minimum absolute atomic E-state index is 0.959. The fraction of sp³-hybridized carbons (Fsp3) is 1.00. The van der Waals surface area contributed by atoms with E-state index in [2.05, 4.69) is 27.7 Å². The predicted molar refractivity (Wildman–Crippen MR) is 70.5 cm³/mol. The zero-order chi connectivity index (χ0) is 11.8. The molecule has 94 valence electrons. The SMILES string of the molecule is CCCCC.CCCCCOCCCC. The molecule has 0 aromatic carbocycles. The molecule has 0 spiro atoms. The maximum atomic E-state index is 5.38. The third-order valence-corrected chi connectivity index (χ3v) is 2.24. The number of rotatable bonds is 9. The van der Waals surface area contributed by atoms with Gasteiger partial charge in [-0.1, -0.05) is 66.2 Å². The van der Waals surface area contributed by atoms with Gasteiger partial charge < -0.3 is 4.74 Å². The summed E-state index contributed by atoms with van der Waals surface area (Å²) >= 11 is 0. The van der Waals surface area contributed by atoms with Gasteiger partial charge in [0.15, 0.2) is 0 Å². The second kappa shape index (κ2) is 19.5. The van der Waals surface area contributed by atoms with E-state index < -0.39 is 0 Å². The molecule has 0 aliphatic rings. The van der Waals surface area contributed by atoms with E-state index in [-0.39, 0.29) is 0 Å². The smallest absolute Gasteiger partial charge is 0.0466 e. The van der Waals surface area contributed by atoms with Crippen LogP contribution in [-0.4, -0.2) is 13.2 Å². The Morgan fingerprint density at radius 3 is 1.40 bits per heavy atom. The quantitative estimate of drug-likeness (QED) is 0.482. The molecule has 0 bridgehead atoms. The molecule has 0 amide bonds. The van der Waals surface area contributed by atoms with Gasteiger partial charge in [-0.05, 0) is 12.8 Å². The Labute approximate surface area is 97.6 Å². The van der Waals surface area contributed by atoms with Gasteiger partial charge in [0, 0.05) is 13.2 Å². The lowest BCUT2D eigenvalue weighted by atomic mass is 10.3. The summed E-state index contributed by atoms with van der Waals surface area (Å²) in [6.45, 7) is 10.8. The third kappa shape index (κ3) is 24.9. The first kappa shape index (κ1) is 17.4. The lowest BCUT2D eigenvalue weighted by Crippen LogP contribution is -1.95. The van der Waals surface area contributed by atoms with E-state index in [9.17, 15) is 0 Å². The van der Waals surface area contributed by atoms with Gasteiger partial charge in [-0.25, -0.2) is 0 Å². The molecule has 0 saturated heterocycles. The Morgan fingerprint density at radius 1 is 0.533 bits per heavy atom. The molecule has 0 atom stereocenters. The number of hydrogen-bond acceptors (Lipinski definition) is 1. The Morgan fingerprint density at radius 2 is 1.00 bits per heavy atom. The van der Waals surface area contributed by atoms with Gasteiger partial charge in [0.05, 0.1) is 0 Å². The maximum Gasteiger partial charge on any atom is 0.0466 e. The normalized spacial score (nSPS) is 9.60. The Bertz CT molecular complexity index is 71.4. The van der Waals surface area contributed by atoms with Crippen molar-refractivity contribution in [2.45, 2.75) is 79.1 Å². The molecule has 0 N–H and O–H groups in total. The molecule has 0 radical (unpaired) electrons. The van der Waals surface area contributed by atoms with E-state index in [1.54, 1.807) is 0 Å². The monoisotopic (exact) mass is 216 g/mol. The fourth-order valence-corrected chi connectivity index (χ4v) is 1.16. The van der Waals surface area contributed by atoms with Crippen LogP contribution in [0.3, 0.4) is 0 Å². The van der Waals surface area contributed by atoms with Crippen LogP contribution in [0.25, 0.3) is 0 Å². The second-order valence-corrected chi connectivity index (χ2v) is 4.03. The molecule has 0 unspecified atom stereocenters. The van der Waals surface area contributed by atoms with Crippen LogP contribution >= 0.6 is 0 Å². The summed E-state index contributed by atoms with van der Waals surface area (Å²) in [5.41, 5.74) is 0. The van der Waals surface area contributed by atoms with Crippen LogP contribution in [0.1, 0.15) is 79.1 Å². The number of hydrogen-bond donors (Lipinski definition) is 0. The molecule has 1 nitrogen and oxygen atoms in total. The summed E-state index contributed by atoms with van der Waals surface area (Å²) in [5.74, 6) is 0. The molecular weight excluding hydrogens is 184 g/mol. The fourth-order valence-electron chi connectivity index (χ4n) is 1.16. The van der Waals surface area contributed by atoms with Gasteiger partial charge in [-0.2, -0.15) is 0 Å². The Hall–Kier alpha value is -0.0400. The van der Waals surface area contributed by atoms with Crippen molar-refractivity contribution in [3.05, 3.63) is 0 Å². The Balaban J connectivity index is 0. The molecule has 0 heterocycles. The van der Waals surface area contributed by atoms with Crippen molar-refractivity contribution in [2.24, 2.45) is 0 Å². The van der Waals surface area contributed by atoms with Gasteiger partial charge in [0.25, 0.3) is 0 Å². The first-order valence-corrected chi connectivity index (χ1v) is 6.91. The molecule has 0 aliphatic heterocycles. The van der Waals surface area contributed by atoms with Crippen molar-refractivity contribution in [1.82, 2.24) is 0 Å². The van der Waals surface area contributed by atoms with Crippen molar-refractivity contribution < 1.29 is 4.74 Å². The van der Waals surface area contributed by atoms with Crippen LogP contribution in [0.2, 0.25) is 0 Å². The van der Waals surface area contributed by atoms with E-state index in [4.69, 9.17) is 4.74 Å². The minimum atomic E-state index is 0.959. The molecule has 0 aromatic heterocycles. The van der Waals surface area contributed by atoms with E-state index in [1.165, 1.54) is 51.4 Å². The summed E-state index contributed by atoms with van der Waals surface area (Å²) < 4.78 is 5.38. The number of unbranched alkanes of at least 4 members (excludes halogenated alkanes) is 5. The zero-order valence-corrected chi connectivity index (χ0v) is 11.5. The summed E-state index contributed by atoms with van der Waals surface area (Å²) in [7, 11) is 0. The largest absolute Gasteiger partial charge is 0.381 e. The molecule has 0 rings (SSSR count). The van der Waals surface area contributed by atoms with Gasteiger partial charge >= 0.3 is 0 Å². The van der Waals surface area contributed by atoms with Crippen molar-refractivity contribution in [3.8, 4) is 0 Å². The average Bonchev–Trinajstić information content (AvgIpc) is 2.25. The molecule has 0 aliphatic carbocycles. The van der Waals surface area contributed by atoms with Crippen molar-refractivity contribution in [3.63, 3.8) is 0 Å². The summed E-state index contributed by atoms with van der Waals surface area (Å²) in [4.78, 5) is 0. The van der Waals surface area contributed by atoms with Crippen molar-refractivity contribution in [2.75, 3.05) is 13.2 Å². The molecule has 0 saturated carbocycles. The van der Waals surface area contributed by atoms with Crippen LogP contribution < -0.4 is 0 Å². The summed E-state index contributed by atoms with van der Waals surface area (Å²) in [5, 5.41) is 0. The van der Waals surface area contributed by atoms with Crippen LogP contribution in [0.15, 0.2) is 0 Å². The first-order valence-electron chi connectivity index (χ1n) is 6.91. The minimum Gasteiger partial charge on any atom is -0.381 e. The topological polar surface area (TPSA) is 9.23 Å². The van der Waals surface area contributed by atoms with E-state index >= 15 is 0 Å². The van der Waals surface area contributed by atoms with Crippen molar-refractivity contribution >= 4 is 0 Å². The lowest BCUT2D eigenvalue weighted by Gasteiger charge is -2.00. The predicted octanol–water partition coefficient (Wildman–Crippen LogP) is 5.19. The molecule has 15 heavy (non-hydrogen) atoms. The highest BCUT2D eigenvalue weighted by molar-refractivity contribution is 4.37. The molecular formula is C14H32O. The first-order chi connectivity index (χ1) is 7.33. The molecule has 0 aromatic rings. The third-order valence-electron chi connectivity index (χ3n) is 2.24. The molecule has 1 heteroatoms. The number of ether oxygens (including phenoxy) is 1. The summed E-state index contributed by atoms with van der Waals surface area (Å²) in [6.07, 6.45) is 10.4. The lowest BCUT2D eigenvalue weighted by molar-refractivity contribution is 0.127. The van der Waals surface area contributed by atoms with Gasteiger partial charge in [-0.3, -0.25) is 0 Å². The van der Waals surface area contributed by atoms with E-state index in [0.29, 0.717) is 0 Å². The maximum absolute atomic E-state index is 5.38. The molecule has 0 fully saturated rings. The van der Waals surface area contributed by atoms with Crippen LogP contribution in [0.5, 0.6) is 0 Å². The van der Waals surface area contributed by atoms with E-state index in [1.807, 2.05) is 0 Å². The van der Waals surface area contributed by atoms with E-state index in [0.717, 1.165) is 13.2 Å². The van der Waals surface area contributed by atoms with Gasteiger partial charge in [-0.15, -0.1) is 0 Å². The van der Waals surface area contributed by atoms with Gasteiger partial charge in [0.2, 0.25) is 0 Å². The highest BCUT2D eigenvalue weighted by Gasteiger charge is 1.86. The van der Waals surface area contributed by atoms with Crippen LogP contribution in [0.4, 0.5) is 0 Å². The zero-order valence-electron chi connectivity index (χ0n) is 11.5.